The Morgan fingerprint density at radius 3 is 1.64 bits per heavy atom. The maximum atomic E-state index is 11.5. The summed E-state index contributed by atoms with van der Waals surface area (Å²) in [5.74, 6) is 0.890. The zero-order valence-corrected chi connectivity index (χ0v) is 13.3. The van der Waals surface area contributed by atoms with Crippen LogP contribution in [0.4, 0.5) is 9.59 Å². The van der Waals surface area contributed by atoms with Crippen molar-refractivity contribution in [3.63, 3.8) is 0 Å². The van der Waals surface area contributed by atoms with Gasteiger partial charge in [0.1, 0.15) is 11.5 Å². The predicted octanol–water partition coefficient (Wildman–Crippen LogP) is 4.03. The summed E-state index contributed by atoms with van der Waals surface area (Å²) in [6, 6.07) is 6.12. The Morgan fingerprint density at radius 1 is 0.864 bits per heavy atom. The van der Waals surface area contributed by atoms with Gasteiger partial charge in [0.15, 0.2) is 0 Å². The molecule has 0 unspecified atom stereocenters. The Bertz CT molecular complexity index is 454. The summed E-state index contributed by atoms with van der Waals surface area (Å²) < 4.78 is 19.8. The van der Waals surface area contributed by atoms with E-state index in [0.717, 1.165) is 0 Å². The van der Waals surface area contributed by atoms with Crippen LogP contribution >= 0.6 is 0 Å². The number of hydrogen-bond acceptors (Lipinski definition) is 6. The van der Waals surface area contributed by atoms with E-state index in [2.05, 4.69) is 0 Å². The molecule has 0 spiro atoms. The first-order valence-corrected chi connectivity index (χ1v) is 7.16. The zero-order valence-electron chi connectivity index (χ0n) is 13.3. The molecule has 122 valence electrons. The fourth-order valence-corrected chi connectivity index (χ4v) is 1.32. The average Bonchev–Trinajstić information content (AvgIpc) is 2.43. The third kappa shape index (κ3) is 7.52. The van der Waals surface area contributed by atoms with Crippen LogP contribution in [-0.2, 0) is 9.47 Å². The molecule has 0 radical (unpaired) electrons. The lowest BCUT2D eigenvalue weighted by molar-refractivity contribution is 0.0872. The van der Waals surface area contributed by atoms with Crippen LogP contribution in [0.1, 0.15) is 27.7 Å². The second kappa shape index (κ2) is 8.92. The van der Waals surface area contributed by atoms with Crippen molar-refractivity contribution in [2.75, 3.05) is 13.2 Å². The van der Waals surface area contributed by atoms with E-state index < -0.39 is 12.3 Å². The summed E-state index contributed by atoms with van der Waals surface area (Å²) in [7, 11) is 0. The van der Waals surface area contributed by atoms with Crippen molar-refractivity contribution in [2.45, 2.75) is 27.7 Å². The third-order valence-electron chi connectivity index (χ3n) is 2.28. The quantitative estimate of drug-likeness (QED) is 0.583. The predicted molar refractivity (Wildman–Crippen MR) is 80.1 cm³/mol. The number of benzene rings is 1. The molecule has 0 aromatic heterocycles. The Labute approximate surface area is 130 Å². The van der Waals surface area contributed by atoms with Crippen molar-refractivity contribution >= 4 is 12.3 Å². The van der Waals surface area contributed by atoms with Crippen LogP contribution in [0.3, 0.4) is 0 Å². The van der Waals surface area contributed by atoms with Crippen molar-refractivity contribution in [1.82, 2.24) is 0 Å². The van der Waals surface area contributed by atoms with Crippen molar-refractivity contribution in [3.05, 3.63) is 24.3 Å². The van der Waals surface area contributed by atoms with Crippen LogP contribution in [0.15, 0.2) is 24.3 Å². The van der Waals surface area contributed by atoms with E-state index in [1.165, 1.54) is 6.07 Å². The average molecular weight is 310 g/mol. The van der Waals surface area contributed by atoms with Crippen LogP contribution in [0.2, 0.25) is 0 Å². The molecule has 1 aromatic rings. The minimum Gasteiger partial charge on any atom is -0.434 e. The van der Waals surface area contributed by atoms with Crippen LogP contribution in [0.5, 0.6) is 11.5 Å². The minimum atomic E-state index is -0.798. The van der Waals surface area contributed by atoms with Gasteiger partial charge in [0.05, 0.1) is 13.2 Å². The van der Waals surface area contributed by atoms with Crippen LogP contribution in [0, 0.1) is 11.8 Å². The smallest absolute Gasteiger partial charge is 0.434 e. The highest BCUT2D eigenvalue weighted by Gasteiger charge is 2.11. The maximum absolute atomic E-state index is 11.5. The largest absolute Gasteiger partial charge is 0.513 e. The van der Waals surface area contributed by atoms with Gasteiger partial charge in [0, 0.05) is 6.07 Å². The molecule has 1 rings (SSSR count). The first-order valence-electron chi connectivity index (χ1n) is 7.16. The van der Waals surface area contributed by atoms with Gasteiger partial charge < -0.3 is 18.9 Å². The summed E-state index contributed by atoms with van der Waals surface area (Å²) in [5.41, 5.74) is 0. The molecule has 0 heterocycles. The first-order chi connectivity index (χ1) is 10.4. The van der Waals surface area contributed by atoms with Gasteiger partial charge in [0.2, 0.25) is 0 Å². The number of ether oxygens (including phenoxy) is 4. The highest BCUT2D eigenvalue weighted by Crippen LogP contribution is 2.20. The van der Waals surface area contributed by atoms with Crippen molar-refractivity contribution < 1.29 is 28.5 Å². The van der Waals surface area contributed by atoms with E-state index in [9.17, 15) is 9.59 Å². The maximum Gasteiger partial charge on any atom is 0.513 e. The zero-order chi connectivity index (χ0) is 16.5. The van der Waals surface area contributed by atoms with Gasteiger partial charge >= 0.3 is 12.3 Å². The fourth-order valence-electron chi connectivity index (χ4n) is 1.32. The lowest BCUT2D eigenvalue weighted by atomic mass is 10.2. The van der Waals surface area contributed by atoms with Gasteiger partial charge in [0.25, 0.3) is 0 Å². The van der Waals surface area contributed by atoms with Gasteiger partial charge in [-0.05, 0) is 24.0 Å². The van der Waals surface area contributed by atoms with Crippen molar-refractivity contribution in [1.29, 1.82) is 0 Å². The van der Waals surface area contributed by atoms with Gasteiger partial charge in [-0.15, -0.1) is 0 Å². The minimum absolute atomic E-state index is 0.220. The SMILES string of the molecule is CC(C)COC(=O)Oc1cccc(OC(=O)OCC(C)C)c1. The summed E-state index contributed by atoms with van der Waals surface area (Å²) >= 11 is 0. The summed E-state index contributed by atoms with van der Waals surface area (Å²) in [5, 5.41) is 0. The number of hydrogen-bond donors (Lipinski definition) is 0. The first kappa shape index (κ1) is 17.8. The fraction of sp³-hybridized carbons (Fsp3) is 0.500. The molecule has 22 heavy (non-hydrogen) atoms. The molecule has 0 aliphatic heterocycles. The number of carbonyl (C=O) groups is 2. The molecular formula is C16H22O6. The highest BCUT2D eigenvalue weighted by atomic mass is 16.7. The summed E-state index contributed by atoms with van der Waals surface area (Å²) in [6.07, 6.45) is -1.60. The second-order valence-electron chi connectivity index (χ2n) is 5.59. The van der Waals surface area contributed by atoms with Crippen molar-refractivity contribution in [3.8, 4) is 11.5 Å². The van der Waals surface area contributed by atoms with Gasteiger partial charge in [-0.1, -0.05) is 33.8 Å². The van der Waals surface area contributed by atoms with Crippen LogP contribution < -0.4 is 9.47 Å². The molecule has 0 atom stereocenters. The Morgan fingerprint density at radius 2 is 1.27 bits per heavy atom. The summed E-state index contributed by atoms with van der Waals surface area (Å²) in [4.78, 5) is 22.9. The molecule has 0 fully saturated rings. The molecule has 0 N–H and O–H groups in total. The van der Waals surface area contributed by atoms with Crippen molar-refractivity contribution in [2.24, 2.45) is 11.8 Å². The van der Waals surface area contributed by atoms with E-state index in [-0.39, 0.29) is 36.5 Å². The number of carbonyl (C=O) groups excluding carboxylic acids is 2. The number of rotatable bonds is 6. The molecule has 1 aromatic carbocycles. The molecule has 0 amide bonds. The van der Waals surface area contributed by atoms with Gasteiger partial charge in [-0.2, -0.15) is 0 Å². The lowest BCUT2D eigenvalue weighted by Crippen LogP contribution is -2.15. The molecule has 0 saturated carbocycles. The van der Waals surface area contributed by atoms with E-state index in [4.69, 9.17) is 18.9 Å². The molecule has 0 aliphatic carbocycles. The topological polar surface area (TPSA) is 71.1 Å². The Hall–Kier alpha value is -2.24. The molecule has 0 aliphatic rings. The second-order valence-corrected chi connectivity index (χ2v) is 5.59. The van der Waals surface area contributed by atoms with E-state index in [1.54, 1.807) is 18.2 Å². The van der Waals surface area contributed by atoms with Gasteiger partial charge in [-0.3, -0.25) is 0 Å². The standard InChI is InChI=1S/C16H22O6/c1-11(2)9-19-15(17)21-13-6-5-7-14(8-13)22-16(18)20-10-12(3)4/h5-8,11-12H,9-10H2,1-4H3. The molecule has 0 bridgehead atoms. The Kier molecular flexibility index (Phi) is 7.22. The summed E-state index contributed by atoms with van der Waals surface area (Å²) in [6.45, 7) is 8.23. The van der Waals surface area contributed by atoms with Crippen LogP contribution in [-0.4, -0.2) is 25.5 Å². The molecule has 0 saturated heterocycles. The van der Waals surface area contributed by atoms with Crippen LogP contribution in [0.25, 0.3) is 0 Å². The third-order valence-corrected chi connectivity index (χ3v) is 2.28. The lowest BCUT2D eigenvalue weighted by Gasteiger charge is -2.10. The van der Waals surface area contributed by atoms with E-state index in [0.29, 0.717) is 0 Å². The molecular weight excluding hydrogens is 288 g/mol. The Balaban J connectivity index is 2.51. The van der Waals surface area contributed by atoms with E-state index in [1.807, 2.05) is 27.7 Å². The highest BCUT2D eigenvalue weighted by molar-refractivity contribution is 5.66. The normalized spacial score (nSPS) is 10.5. The monoisotopic (exact) mass is 310 g/mol. The van der Waals surface area contributed by atoms with E-state index >= 15 is 0 Å². The van der Waals surface area contributed by atoms with Gasteiger partial charge in [-0.25, -0.2) is 9.59 Å². The molecule has 6 nitrogen and oxygen atoms in total. The molecule has 6 heteroatoms.